The molecule has 42 heavy (non-hydrogen) atoms. The van der Waals surface area contributed by atoms with Crippen LogP contribution in [0.25, 0.3) is 27.8 Å². The third kappa shape index (κ3) is 4.48. The Bertz CT molecular complexity index is 1990. The fraction of sp³-hybridized carbons (Fsp3) is 0.300. The third-order valence-electron chi connectivity index (χ3n) is 8.04. The third-order valence-corrected chi connectivity index (χ3v) is 8.04. The van der Waals surface area contributed by atoms with E-state index in [1.54, 1.807) is 24.4 Å². The summed E-state index contributed by atoms with van der Waals surface area (Å²) in [5, 5.41) is 23.1. The van der Waals surface area contributed by atoms with Gasteiger partial charge in [0.25, 0.3) is 11.1 Å². The number of hydrogen-bond donors (Lipinski definition) is 2. The van der Waals surface area contributed by atoms with Gasteiger partial charge in [0.1, 0.15) is 17.3 Å². The Hall–Kier alpha value is -4.68. The van der Waals surface area contributed by atoms with E-state index in [0.29, 0.717) is 33.9 Å². The molecular weight excluding hydrogens is 539 g/mol. The molecule has 0 bridgehead atoms. The first-order valence-electron chi connectivity index (χ1n) is 13.9. The first-order chi connectivity index (χ1) is 20.3. The SMILES string of the molecule is CN1CCn2nc(Nc3cc(-c4ccnc(-n5ccc6cc(C7CC7)cc(F)c6c5=O)c4CO)nn(C)c3=O)cc2C1. The van der Waals surface area contributed by atoms with Crippen molar-refractivity contribution >= 4 is 22.3 Å². The number of nitrogens with zero attached hydrogens (tertiary/aromatic N) is 7. The molecule has 0 unspecified atom stereocenters. The van der Waals surface area contributed by atoms with Gasteiger partial charge in [-0.1, -0.05) is 6.07 Å². The fourth-order valence-electron chi connectivity index (χ4n) is 5.68. The van der Waals surface area contributed by atoms with Crippen LogP contribution in [-0.2, 0) is 26.7 Å². The summed E-state index contributed by atoms with van der Waals surface area (Å²) in [6.07, 6.45) is 5.09. The summed E-state index contributed by atoms with van der Waals surface area (Å²) < 4.78 is 19.5. The lowest BCUT2D eigenvalue weighted by molar-refractivity contribution is 0.259. The molecular formula is C30H29FN8O3. The van der Waals surface area contributed by atoms with Gasteiger partial charge in [-0.15, -0.1) is 0 Å². The maximum Gasteiger partial charge on any atom is 0.290 e. The number of likely N-dealkylation sites (N-methyl/N-ethyl adjacent to an activating group) is 1. The molecule has 1 aliphatic carbocycles. The second kappa shape index (κ2) is 10.00. The zero-order valence-corrected chi connectivity index (χ0v) is 23.2. The van der Waals surface area contributed by atoms with E-state index in [2.05, 4.69) is 25.4 Å². The Labute approximate surface area is 239 Å². The molecule has 5 aromatic rings. The highest BCUT2D eigenvalue weighted by Crippen LogP contribution is 2.41. The van der Waals surface area contributed by atoms with Crippen molar-refractivity contribution in [2.45, 2.75) is 38.5 Å². The van der Waals surface area contributed by atoms with E-state index in [1.807, 2.05) is 23.9 Å². The van der Waals surface area contributed by atoms with Crippen molar-refractivity contribution in [1.29, 1.82) is 0 Å². The summed E-state index contributed by atoms with van der Waals surface area (Å²) in [4.78, 5) is 33.1. The minimum Gasteiger partial charge on any atom is -0.392 e. The number of rotatable bonds is 6. The fourth-order valence-corrected chi connectivity index (χ4v) is 5.68. The highest BCUT2D eigenvalue weighted by atomic mass is 19.1. The Morgan fingerprint density at radius 1 is 1.05 bits per heavy atom. The molecule has 1 saturated carbocycles. The van der Waals surface area contributed by atoms with E-state index in [4.69, 9.17) is 0 Å². The largest absolute Gasteiger partial charge is 0.392 e. The molecule has 1 fully saturated rings. The van der Waals surface area contributed by atoms with Crippen molar-refractivity contribution in [3.63, 3.8) is 0 Å². The Morgan fingerprint density at radius 3 is 2.67 bits per heavy atom. The number of halogens is 1. The molecule has 0 amide bonds. The van der Waals surface area contributed by atoms with Crippen LogP contribution < -0.4 is 16.4 Å². The number of aryl methyl sites for hydroxylation is 1. The minimum absolute atomic E-state index is 0.0290. The second-order valence-electron chi connectivity index (χ2n) is 11.0. The smallest absolute Gasteiger partial charge is 0.290 e. The number of aliphatic hydroxyl groups is 1. The Kier molecular flexibility index (Phi) is 6.24. The lowest BCUT2D eigenvalue weighted by atomic mass is 10.0. The quantitative estimate of drug-likeness (QED) is 0.321. The highest BCUT2D eigenvalue weighted by Gasteiger charge is 2.26. The van der Waals surface area contributed by atoms with Gasteiger partial charge in [0, 0.05) is 49.7 Å². The summed E-state index contributed by atoms with van der Waals surface area (Å²) in [6, 6.07) is 10.2. The van der Waals surface area contributed by atoms with Crippen molar-refractivity contribution in [2.75, 3.05) is 18.9 Å². The van der Waals surface area contributed by atoms with Crippen molar-refractivity contribution in [1.82, 2.24) is 34.0 Å². The number of hydrogen-bond acceptors (Lipinski definition) is 8. The minimum atomic E-state index is -0.572. The van der Waals surface area contributed by atoms with Gasteiger partial charge in [-0.25, -0.2) is 14.1 Å². The van der Waals surface area contributed by atoms with E-state index in [1.165, 1.54) is 28.6 Å². The lowest BCUT2D eigenvalue weighted by Gasteiger charge is -2.22. The summed E-state index contributed by atoms with van der Waals surface area (Å²) in [7, 11) is 3.58. The van der Waals surface area contributed by atoms with Crippen LogP contribution >= 0.6 is 0 Å². The lowest BCUT2D eigenvalue weighted by Crippen LogP contribution is -2.30. The standard InChI is InChI=1S/C30H29FN8O3/c1-36-9-10-39-20(15-36)13-26(35-39)33-25-14-24(34-37(2)29(25)41)21-5-7-32-28(22(21)16-40)38-8-6-18-11-19(17-3-4-17)12-23(31)27(18)30(38)42/h5-8,11-14,17,40H,3-4,9-10,15-16H2,1-2H3,(H,33,35). The number of benzene rings is 1. The molecule has 1 aliphatic heterocycles. The monoisotopic (exact) mass is 568 g/mol. The molecule has 0 spiro atoms. The van der Waals surface area contributed by atoms with Gasteiger partial charge in [-0.05, 0) is 61.0 Å². The number of pyridine rings is 2. The van der Waals surface area contributed by atoms with Crippen LogP contribution in [0.3, 0.4) is 0 Å². The van der Waals surface area contributed by atoms with E-state index < -0.39 is 18.0 Å². The molecule has 12 heteroatoms. The molecule has 11 nitrogen and oxygen atoms in total. The van der Waals surface area contributed by atoms with Gasteiger partial charge in [0.15, 0.2) is 5.82 Å². The van der Waals surface area contributed by atoms with Crippen LogP contribution in [0.4, 0.5) is 15.9 Å². The molecule has 0 atom stereocenters. The predicted molar refractivity (Wildman–Crippen MR) is 156 cm³/mol. The van der Waals surface area contributed by atoms with Crippen LogP contribution in [0.1, 0.15) is 35.6 Å². The zero-order valence-electron chi connectivity index (χ0n) is 23.2. The number of nitrogens with one attached hydrogen (secondary N) is 1. The van der Waals surface area contributed by atoms with Gasteiger partial charge >= 0.3 is 0 Å². The first-order valence-corrected chi connectivity index (χ1v) is 13.9. The second-order valence-corrected chi connectivity index (χ2v) is 11.0. The van der Waals surface area contributed by atoms with Crippen LogP contribution in [0.15, 0.2) is 58.4 Å². The normalized spacial score (nSPS) is 15.2. The van der Waals surface area contributed by atoms with E-state index >= 15 is 4.39 Å². The van der Waals surface area contributed by atoms with E-state index in [9.17, 15) is 14.7 Å². The molecule has 2 aliphatic rings. The summed E-state index contributed by atoms with van der Waals surface area (Å²) in [5.41, 5.74) is 2.44. The molecule has 0 saturated heterocycles. The van der Waals surface area contributed by atoms with E-state index in [0.717, 1.165) is 43.7 Å². The van der Waals surface area contributed by atoms with Gasteiger partial charge in [0.05, 0.1) is 29.9 Å². The van der Waals surface area contributed by atoms with Crippen LogP contribution in [0.2, 0.25) is 0 Å². The first kappa shape index (κ1) is 26.2. The number of fused-ring (bicyclic) bond motifs is 2. The van der Waals surface area contributed by atoms with Crippen molar-refractivity contribution in [2.24, 2.45) is 7.05 Å². The molecule has 2 N–H and O–H groups in total. The Morgan fingerprint density at radius 2 is 1.88 bits per heavy atom. The van der Waals surface area contributed by atoms with Gasteiger partial charge in [-0.2, -0.15) is 10.2 Å². The zero-order chi connectivity index (χ0) is 29.1. The summed E-state index contributed by atoms with van der Waals surface area (Å²) >= 11 is 0. The van der Waals surface area contributed by atoms with Crippen LogP contribution in [0.5, 0.6) is 0 Å². The molecule has 214 valence electrons. The maximum absolute atomic E-state index is 15.2. The molecule has 0 radical (unpaired) electrons. The topological polar surface area (TPSA) is 123 Å². The number of aliphatic hydroxyl groups excluding tert-OH is 1. The molecule has 4 aromatic heterocycles. The van der Waals surface area contributed by atoms with E-state index in [-0.39, 0.29) is 22.5 Å². The van der Waals surface area contributed by atoms with Crippen molar-refractivity contribution in [3.05, 3.63) is 92.1 Å². The van der Waals surface area contributed by atoms with Gasteiger partial charge in [-0.3, -0.25) is 23.7 Å². The van der Waals surface area contributed by atoms with Gasteiger partial charge < -0.3 is 10.4 Å². The summed E-state index contributed by atoms with van der Waals surface area (Å²) in [5.74, 6) is 0.476. The molecule has 5 heterocycles. The van der Waals surface area contributed by atoms with Crippen LogP contribution in [-0.4, -0.2) is 52.7 Å². The van der Waals surface area contributed by atoms with Crippen molar-refractivity contribution < 1.29 is 9.50 Å². The van der Waals surface area contributed by atoms with Gasteiger partial charge in [0.2, 0.25) is 0 Å². The Balaban J connectivity index is 1.30. The molecule has 1 aromatic carbocycles. The number of anilines is 2. The molecule has 7 rings (SSSR count). The average Bonchev–Trinajstić information content (AvgIpc) is 3.75. The van der Waals surface area contributed by atoms with Crippen LogP contribution in [0, 0.1) is 5.82 Å². The highest BCUT2D eigenvalue weighted by molar-refractivity contribution is 5.83. The maximum atomic E-state index is 15.2. The van der Waals surface area contributed by atoms with Crippen molar-refractivity contribution in [3.8, 4) is 17.1 Å². The average molecular weight is 569 g/mol. The predicted octanol–water partition coefficient (Wildman–Crippen LogP) is 3.04. The summed E-state index contributed by atoms with van der Waals surface area (Å²) in [6.45, 7) is 1.93. The number of aromatic nitrogens is 6.